The first-order chi connectivity index (χ1) is 9.38. The van der Waals surface area contributed by atoms with Crippen LogP contribution in [0.1, 0.15) is 45.1 Å². The molecule has 0 aromatic heterocycles. The van der Waals surface area contributed by atoms with Gasteiger partial charge in [-0.25, -0.2) is 13.1 Å². The van der Waals surface area contributed by atoms with Crippen molar-refractivity contribution in [1.82, 2.24) is 4.72 Å². The largest absolute Gasteiger partial charge is 0.394 e. The summed E-state index contributed by atoms with van der Waals surface area (Å²) >= 11 is 0. The lowest BCUT2D eigenvalue weighted by molar-refractivity contribution is 0.172. The SMILES string of the molecule is CCC(CC)(CO)NS(=O)(=O)CC(C)c1ccccc1. The van der Waals surface area contributed by atoms with E-state index in [0.717, 1.165) is 5.56 Å². The van der Waals surface area contributed by atoms with Crippen LogP contribution in [0.2, 0.25) is 0 Å². The highest BCUT2D eigenvalue weighted by Gasteiger charge is 2.31. The molecule has 114 valence electrons. The fourth-order valence-electron chi connectivity index (χ4n) is 2.23. The number of rotatable bonds is 8. The number of aliphatic hydroxyl groups excluding tert-OH is 1. The van der Waals surface area contributed by atoms with Crippen molar-refractivity contribution in [2.75, 3.05) is 12.4 Å². The van der Waals surface area contributed by atoms with Crippen LogP contribution in [0, 0.1) is 0 Å². The molecule has 0 radical (unpaired) electrons. The predicted octanol–water partition coefficient (Wildman–Crippen LogP) is 2.26. The zero-order valence-electron chi connectivity index (χ0n) is 12.5. The second-order valence-corrected chi connectivity index (χ2v) is 7.11. The average molecular weight is 299 g/mol. The van der Waals surface area contributed by atoms with E-state index in [4.69, 9.17) is 0 Å². The summed E-state index contributed by atoms with van der Waals surface area (Å²) in [6.07, 6.45) is 1.14. The van der Waals surface area contributed by atoms with Crippen molar-refractivity contribution >= 4 is 10.0 Å². The Kier molecular flexibility index (Phi) is 6.17. The van der Waals surface area contributed by atoms with E-state index in [1.807, 2.05) is 51.1 Å². The minimum Gasteiger partial charge on any atom is -0.394 e. The molecule has 1 rings (SSSR count). The zero-order chi connectivity index (χ0) is 15.2. The Morgan fingerprint density at radius 3 is 2.20 bits per heavy atom. The molecule has 5 heteroatoms. The Balaban J connectivity index is 2.80. The van der Waals surface area contributed by atoms with Crippen LogP contribution in [0.15, 0.2) is 30.3 Å². The molecule has 0 aliphatic carbocycles. The molecular formula is C15H25NO3S. The fraction of sp³-hybridized carbons (Fsp3) is 0.600. The van der Waals surface area contributed by atoms with Crippen LogP contribution in [0.25, 0.3) is 0 Å². The number of hydrogen-bond acceptors (Lipinski definition) is 3. The molecule has 1 aromatic rings. The van der Waals surface area contributed by atoms with E-state index in [0.29, 0.717) is 12.8 Å². The molecule has 0 spiro atoms. The van der Waals surface area contributed by atoms with Gasteiger partial charge in [-0.1, -0.05) is 51.1 Å². The lowest BCUT2D eigenvalue weighted by Crippen LogP contribution is -2.51. The lowest BCUT2D eigenvalue weighted by atomic mass is 9.96. The van der Waals surface area contributed by atoms with Crippen molar-refractivity contribution in [1.29, 1.82) is 0 Å². The van der Waals surface area contributed by atoms with Gasteiger partial charge in [-0.05, 0) is 24.3 Å². The van der Waals surface area contributed by atoms with Gasteiger partial charge in [0.2, 0.25) is 10.0 Å². The highest BCUT2D eigenvalue weighted by Crippen LogP contribution is 2.20. The van der Waals surface area contributed by atoms with Crippen molar-refractivity contribution in [3.05, 3.63) is 35.9 Å². The third-order valence-electron chi connectivity index (χ3n) is 3.87. The van der Waals surface area contributed by atoms with Gasteiger partial charge in [0.15, 0.2) is 0 Å². The van der Waals surface area contributed by atoms with E-state index in [1.165, 1.54) is 0 Å². The van der Waals surface area contributed by atoms with Crippen LogP contribution < -0.4 is 4.72 Å². The summed E-state index contributed by atoms with van der Waals surface area (Å²) in [6, 6.07) is 9.58. The summed E-state index contributed by atoms with van der Waals surface area (Å²) in [5.74, 6) is -0.0579. The van der Waals surface area contributed by atoms with Gasteiger partial charge in [-0.15, -0.1) is 0 Å². The molecule has 0 heterocycles. The Morgan fingerprint density at radius 1 is 1.20 bits per heavy atom. The number of benzene rings is 1. The van der Waals surface area contributed by atoms with Gasteiger partial charge in [0.05, 0.1) is 17.9 Å². The van der Waals surface area contributed by atoms with Crippen molar-refractivity contribution in [2.24, 2.45) is 0 Å². The smallest absolute Gasteiger partial charge is 0.212 e. The van der Waals surface area contributed by atoms with E-state index in [-0.39, 0.29) is 18.3 Å². The average Bonchev–Trinajstić information content (AvgIpc) is 2.45. The standard InChI is InChI=1S/C15H25NO3S/c1-4-15(5-2,12-17)16-20(18,19)11-13(3)14-9-7-6-8-10-14/h6-10,13,16-17H,4-5,11-12H2,1-3H3. The molecule has 20 heavy (non-hydrogen) atoms. The molecular weight excluding hydrogens is 274 g/mol. The fourth-order valence-corrected chi connectivity index (χ4v) is 4.18. The topological polar surface area (TPSA) is 66.4 Å². The van der Waals surface area contributed by atoms with Crippen molar-refractivity contribution in [3.63, 3.8) is 0 Å². The Labute approximate surface area is 122 Å². The van der Waals surface area contributed by atoms with E-state index in [1.54, 1.807) is 0 Å². The first kappa shape index (κ1) is 17.1. The highest BCUT2D eigenvalue weighted by molar-refractivity contribution is 7.89. The van der Waals surface area contributed by atoms with Crippen LogP contribution >= 0.6 is 0 Å². The van der Waals surface area contributed by atoms with Gasteiger partial charge in [0.25, 0.3) is 0 Å². The van der Waals surface area contributed by atoms with E-state index >= 15 is 0 Å². The number of aliphatic hydroxyl groups is 1. The van der Waals surface area contributed by atoms with Crippen molar-refractivity contribution in [3.8, 4) is 0 Å². The summed E-state index contributed by atoms with van der Waals surface area (Å²) < 4.78 is 27.2. The summed E-state index contributed by atoms with van der Waals surface area (Å²) in [6.45, 7) is 5.47. The maximum absolute atomic E-state index is 12.3. The quantitative estimate of drug-likeness (QED) is 0.774. The van der Waals surface area contributed by atoms with E-state index in [2.05, 4.69) is 4.72 Å². The van der Waals surface area contributed by atoms with Crippen molar-refractivity contribution < 1.29 is 13.5 Å². The zero-order valence-corrected chi connectivity index (χ0v) is 13.3. The molecule has 1 unspecified atom stereocenters. The summed E-state index contributed by atoms with van der Waals surface area (Å²) in [5, 5.41) is 9.46. The summed E-state index contributed by atoms with van der Waals surface area (Å²) in [5.41, 5.74) is 0.260. The Hall–Kier alpha value is -0.910. The predicted molar refractivity (Wildman–Crippen MR) is 82.2 cm³/mol. The number of nitrogens with one attached hydrogen (secondary N) is 1. The number of sulfonamides is 1. The minimum atomic E-state index is -3.43. The van der Waals surface area contributed by atoms with Gasteiger partial charge in [0, 0.05) is 0 Å². The maximum atomic E-state index is 12.3. The molecule has 0 bridgehead atoms. The van der Waals surface area contributed by atoms with Crippen LogP contribution in [-0.4, -0.2) is 31.4 Å². The van der Waals surface area contributed by atoms with E-state index < -0.39 is 15.6 Å². The first-order valence-electron chi connectivity index (χ1n) is 7.05. The maximum Gasteiger partial charge on any atom is 0.212 e. The Bertz CT molecular complexity index is 487. The van der Waals surface area contributed by atoms with Gasteiger partial charge in [-0.3, -0.25) is 0 Å². The molecule has 2 N–H and O–H groups in total. The van der Waals surface area contributed by atoms with E-state index in [9.17, 15) is 13.5 Å². The molecule has 0 saturated carbocycles. The molecule has 0 fully saturated rings. The second-order valence-electron chi connectivity index (χ2n) is 5.34. The van der Waals surface area contributed by atoms with Crippen molar-refractivity contribution in [2.45, 2.75) is 45.1 Å². The lowest BCUT2D eigenvalue weighted by Gasteiger charge is -2.30. The first-order valence-corrected chi connectivity index (χ1v) is 8.70. The molecule has 4 nitrogen and oxygen atoms in total. The highest BCUT2D eigenvalue weighted by atomic mass is 32.2. The second kappa shape index (κ2) is 7.20. The van der Waals surface area contributed by atoms with Gasteiger partial charge >= 0.3 is 0 Å². The number of hydrogen-bond donors (Lipinski definition) is 2. The minimum absolute atomic E-state index is 0.0266. The molecule has 1 aromatic carbocycles. The van der Waals surface area contributed by atoms with Gasteiger partial charge in [0.1, 0.15) is 0 Å². The normalized spacial score (nSPS) is 14.2. The molecule has 0 aliphatic rings. The third kappa shape index (κ3) is 4.58. The molecule has 0 amide bonds. The summed E-state index contributed by atoms with van der Waals surface area (Å²) in [7, 11) is -3.43. The molecule has 0 saturated heterocycles. The van der Waals surface area contributed by atoms with Crippen LogP contribution in [0.5, 0.6) is 0 Å². The molecule has 1 atom stereocenters. The Morgan fingerprint density at radius 2 is 1.75 bits per heavy atom. The third-order valence-corrected chi connectivity index (χ3v) is 5.55. The van der Waals surface area contributed by atoms with Crippen LogP contribution in [0.3, 0.4) is 0 Å². The van der Waals surface area contributed by atoms with Crippen LogP contribution in [0.4, 0.5) is 0 Å². The van der Waals surface area contributed by atoms with Gasteiger partial charge in [-0.2, -0.15) is 0 Å². The summed E-state index contributed by atoms with van der Waals surface area (Å²) in [4.78, 5) is 0. The molecule has 0 aliphatic heterocycles. The monoisotopic (exact) mass is 299 g/mol. The van der Waals surface area contributed by atoms with Crippen LogP contribution in [-0.2, 0) is 10.0 Å². The van der Waals surface area contributed by atoms with Gasteiger partial charge < -0.3 is 5.11 Å².